The molecule has 0 saturated heterocycles. The third-order valence-electron chi connectivity index (χ3n) is 2.12. The summed E-state index contributed by atoms with van der Waals surface area (Å²) >= 11 is 0. The Morgan fingerprint density at radius 1 is 1.36 bits per heavy atom. The van der Waals surface area contributed by atoms with Crippen LogP contribution in [0.4, 0.5) is 0 Å². The van der Waals surface area contributed by atoms with Gasteiger partial charge in [0.15, 0.2) is 0 Å². The molecule has 0 spiro atoms. The van der Waals surface area contributed by atoms with E-state index in [4.69, 9.17) is 5.11 Å². The van der Waals surface area contributed by atoms with Crippen molar-refractivity contribution in [3.63, 3.8) is 0 Å². The molecule has 1 aliphatic rings. The number of allylic oxidation sites excluding steroid dienone is 1. The fourth-order valence-corrected chi connectivity index (χ4v) is 1.34. The number of aromatic nitrogens is 1. The monoisotopic (exact) mass is 188 g/mol. The quantitative estimate of drug-likeness (QED) is 0.760. The zero-order valence-electron chi connectivity index (χ0n) is 7.85. The Balaban J connectivity index is 2.24. The van der Waals surface area contributed by atoms with Gasteiger partial charge in [-0.3, -0.25) is 9.98 Å². The van der Waals surface area contributed by atoms with Crippen LogP contribution in [0, 0.1) is 0 Å². The number of hydrogen-bond acceptors (Lipinski definition) is 3. The summed E-state index contributed by atoms with van der Waals surface area (Å²) in [6.45, 7) is 0.880. The number of aliphatic hydroxyl groups is 1. The van der Waals surface area contributed by atoms with E-state index in [1.165, 1.54) is 0 Å². The highest BCUT2D eigenvalue weighted by atomic mass is 16.3. The Morgan fingerprint density at radius 3 is 2.86 bits per heavy atom. The Hall–Kier alpha value is -1.48. The molecule has 2 heterocycles. The third kappa shape index (κ3) is 1.88. The van der Waals surface area contributed by atoms with Crippen LogP contribution in [-0.4, -0.2) is 22.3 Å². The van der Waals surface area contributed by atoms with Gasteiger partial charge in [-0.25, -0.2) is 0 Å². The average Bonchev–Trinajstić information content (AvgIpc) is 2.30. The number of hydrogen-bond donors (Lipinski definition) is 1. The van der Waals surface area contributed by atoms with Gasteiger partial charge in [0.1, 0.15) is 0 Å². The van der Waals surface area contributed by atoms with E-state index in [2.05, 4.69) is 16.1 Å². The molecule has 2 rings (SSSR count). The lowest BCUT2D eigenvalue weighted by Gasteiger charge is -2.05. The lowest BCUT2D eigenvalue weighted by molar-refractivity contribution is 0.281. The fourth-order valence-electron chi connectivity index (χ4n) is 1.34. The van der Waals surface area contributed by atoms with E-state index in [0.29, 0.717) is 0 Å². The number of aliphatic hydroxyl groups excluding tert-OH is 1. The van der Waals surface area contributed by atoms with Crippen molar-refractivity contribution >= 4 is 5.71 Å². The van der Waals surface area contributed by atoms with E-state index in [1.54, 1.807) is 6.20 Å². The van der Waals surface area contributed by atoms with Gasteiger partial charge in [0.25, 0.3) is 0 Å². The van der Waals surface area contributed by atoms with Crippen LogP contribution in [0.25, 0.3) is 0 Å². The standard InChI is InChI=1S/C11H12N2O/c14-8-9-4-5-11(13-7-9)10-3-1-2-6-12-10/h1,3-5,7,14H,2,6,8H2. The smallest absolute Gasteiger partial charge is 0.0881 e. The van der Waals surface area contributed by atoms with Crippen LogP contribution >= 0.6 is 0 Å². The summed E-state index contributed by atoms with van der Waals surface area (Å²) in [5.41, 5.74) is 2.63. The Morgan fingerprint density at radius 2 is 2.29 bits per heavy atom. The summed E-state index contributed by atoms with van der Waals surface area (Å²) in [5.74, 6) is 0. The average molecular weight is 188 g/mol. The zero-order valence-corrected chi connectivity index (χ0v) is 7.85. The molecule has 0 atom stereocenters. The van der Waals surface area contributed by atoms with Crippen LogP contribution in [0.3, 0.4) is 0 Å². The van der Waals surface area contributed by atoms with Gasteiger partial charge >= 0.3 is 0 Å². The summed E-state index contributed by atoms with van der Waals surface area (Å²) in [5, 5.41) is 8.85. The van der Waals surface area contributed by atoms with E-state index in [-0.39, 0.29) is 6.61 Å². The lowest BCUT2D eigenvalue weighted by atomic mass is 10.1. The zero-order chi connectivity index (χ0) is 9.80. The van der Waals surface area contributed by atoms with Gasteiger partial charge in [-0.15, -0.1) is 0 Å². The van der Waals surface area contributed by atoms with E-state index >= 15 is 0 Å². The Bertz CT molecular complexity index is 365. The molecule has 0 bridgehead atoms. The highest BCUT2D eigenvalue weighted by Crippen LogP contribution is 2.06. The fraction of sp³-hybridized carbons (Fsp3) is 0.273. The van der Waals surface area contributed by atoms with Gasteiger partial charge in [-0.05, 0) is 24.1 Å². The van der Waals surface area contributed by atoms with Crippen LogP contribution in [0.1, 0.15) is 17.7 Å². The van der Waals surface area contributed by atoms with Crippen molar-refractivity contribution in [2.45, 2.75) is 13.0 Å². The maximum atomic E-state index is 8.85. The molecule has 1 aromatic rings. The first-order valence-electron chi connectivity index (χ1n) is 4.67. The molecule has 0 amide bonds. The van der Waals surface area contributed by atoms with Crippen molar-refractivity contribution in [2.24, 2.45) is 4.99 Å². The summed E-state index contributed by atoms with van der Waals surface area (Å²) in [6.07, 6.45) is 6.78. The van der Waals surface area contributed by atoms with Gasteiger partial charge in [0, 0.05) is 12.7 Å². The second kappa shape index (κ2) is 4.15. The molecular formula is C11H12N2O. The van der Waals surface area contributed by atoms with Gasteiger partial charge < -0.3 is 5.11 Å². The maximum Gasteiger partial charge on any atom is 0.0881 e. The normalized spacial score (nSPS) is 15.4. The predicted molar refractivity (Wildman–Crippen MR) is 55.3 cm³/mol. The number of nitrogens with zero attached hydrogens (tertiary/aromatic N) is 2. The number of pyridine rings is 1. The summed E-state index contributed by atoms with van der Waals surface area (Å²) in [4.78, 5) is 8.59. The summed E-state index contributed by atoms with van der Waals surface area (Å²) in [6, 6.07) is 3.76. The molecule has 14 heavy (non-hydrogen) atoms. The van der Waals surface area contributed by atoms with E-state index < -0.39 is 0 Å². The minimum absolute atomic E-state index is 0.0373. The lowest BCUT2D eigenvalue weighted by Crippen LogP contribution is -2.04. The first-order chi connectivity index (χ1) is 6.90. The molecule has 0 radical (unpaired) electrons. The van der Waals surface area contributed by atoms with Crippen LogP contribution in [-0.2, 0) is 6.61 Å². The number of dihydropyridines is 1. The van der Waals surface area contributed by atoms with Crippen molar-refractivity contribution in [1.82, 2.24) is 4.98 Å². The van der Waals surface area contributed by atoms with Crippen LogP contribution < -0.4 is 0 Å². The van der Waals surface area contributed by atoms with Gasteiger partial charge in [-0.2, -0.15) is 0 Å². The first kappa shape index (κ1) is 9.09. The summed E-state index contributed by atoms with van der Waals surface area (Å²) in [7, 11) is 0. The predicted octanol–water partition coefficient (Wildman–Crippen LogP) is 1.32. The van der Waals surface area contributed by atoms with E-state index in [1.807, 2.05) is 18.2 Å². The molecule has 72 valence electrons. The van der Waals surface area contributed by atoms with Crippen molar-refractivity contribution in [2.75, 3.05) is 6.54 Å². The van der Waals surface area contributed by atoms with Crippen molar-refractivity contribution in [3.8, 4) is 0 Å². The SMILES string of the molecule is OCc1ccc(C2=NCCC=C2)nc1. The maximum absolute atomic E-state index is 8.85. The second-order valence-electron chi connectivity index (χ2n) is 3.17. The van der Waals surface area contributed by atoms with Gasteiger partial charge in [-0.1, -0.05) is 12.1 Å². The molecule has 0 aliphatic carbocycles. The molecule has 0 saturated carbocycles. The molecule has 1 aromatic heterocycles. The highest BCUT2D eigenvalue weighted by molar-refractivity contribution is 6.07. The minimum atomic E-state index is 0.0373. The molecule has 1 N–H and O–H groups in total. The van der Waals surface area contributed by atoms with Gasteiger partial charge in [0.05, 0.1) is 18.0 Å². The Kier molecular flexibility index (Phi) is 2.70. The molecule has 0 fully saturated rings. The largest absolute Gasteiger partial charge is 0.392 e. The second-order valence-corrected chi connectivity index (χ2v) is 3.17. The van der Waals surface area contributed by atoms with Crippen LogP contribution in [0.5, 0.6) is 0 Å². The van der Waals surface area contributed by atoms with Crippen molar-refractivity contribution in [3.05, 3.63) is 41.7 Å². The number of rotatable bonds is 2. The van der Waals surface area contributed by atoms with Crippen molar-refractivity contribution in [1.29, 1.82) is 0 Å². The van der Waals surface area contributed by atoms with Crippen molar-refractivity contribution < 1.29 is 5.11 Å². The van der Waals surface area contributed by atoms with Gasteiger partial charge in [0.2, 0.25) is 0 Å². The molecule has 3 nitrogen and oxygen atoms in total. The number of aliphatic imine (C=N–C) groups is 1. The van der Waals surface area contributed by atoms with Crippen LogP contribution in [0.2, 0.25) is 0 Å². The molecule has 0 unspecified atom stereocenters. The molecule has 3 heteroatoms. The van der Waals surface area contributed by atoms with E-state index in [9.17, 15) is 0 Å². The molecule has 1 aliphatic heterocycles. The summed E-state index contributed by atoms with van der Waals surface area (Å²) < 4.78 is 0. The third-order valence-corrected chi connectivity index (χ3v) is 2.12. The first-order valence-corrected chi connectivity index (χ1v) is 4.67. The molecule has 0 aromatic carbocycles. The van der Waals surface area contributed by atoms with Crippen LogP contribution in [0.15, 0.2) is 35.5 Å². The highest BCUT2D eigenvalue weighted by Gasteiger charge is 2.03. The molecular weight excluding hydrogens is 176 g/mol. The van der Waals surface area contributed by atoms with E-state index in [0.717, 1.165) is 29.9 Å². The Labute approximate surface area is 82.8 Å². The topological polar surface area (TPSA) is 45.5 Å². The minimum Gasteiger partial charge on any atom is -0.392 e.